The molecule has 0 aromatic heterocycles. The largest absolute Gasteiger partial charge is 0.495 e. The quantitative estimate of drug-likeness (QED) is 0.323. The fourth-order valence-electron chi connectivity index (χ4n) is 6.60. The lowest BCUT2D eigenvalue weighted by atomic mass is 9.83. The van der Waals surface area contributed by atoms with Gasteiger partial charge >= 0.3 is 12.1 Å². The van der Waals surface area contributed by atoms with Gasteiger partial charge in [0.05, 0.1) is 25.3 Å². The summed E-state index contributed by atoms with van der Waals surface area (Å²) >= 11 is 6.74. The zero-order valence-corrected chi connectivity index (χ0v) is 31.2. The van der Waals surface area contributed by atoms with Gasteiger partial charge in [-0.3, -0.25) is 14.9 Å². The lowest BCUT2D eigenvalue weighted by Gasteiger charge is -2.42. The van der Waals surface area contributed by atoms with Crippen LogP contribution in [-0.2, 0) is 39.8 Å². The fourth-order valence-corrected chi connectivity index (χ4v) is 6.91. The van der Waals surface area contributed by atoms with Crippen LogP contribution in [0.15, 0.2) is 35.9 Å². The Labute approximate surface area is 298 Å². The van der Waals surface area contributed by atoms with Crippen molar-refractivity contribution in [1.82, 2.24) is 10.2 Å². The van der Waals surface area contributed by atoms with Crippen LogP contribution in [-0.4, -0.2) is 104 Å². The zero-order chi connectivity index (χ0) is 37.3. The molecule has 3 aliphatic rings. The monoisotopic (exact) mass is 719 g/mol. The Hall–Kier alpha value is -3.65. The van der Waals surface area contributed by atoms with Gasteiger partial charge in [-0.15, -0.1) is 0 Å². The number of esters is 1. The van der Waals surface area contributed by atoms with Crippen LogP contribution in [0.3, 0.4) is 0 Å². The number of anilines is 1. The highest BCUT2D eigenvalue weighted by Crippen LogP contribution is 2.49. The summed E-state index contributed by atoms with van der Waals surface area (Å²) in [7, 11) is 6.02. The normalized spacial score (nSPS) is 32.5. The summed E-state index contributed by atoms with van der Waals surface area (Å²) in [6.45, 7) is 10.5. The number of rotatable bonds is 6. The Balaban J connectivity index is 1.78. The van der Waals surface area contributed by atoms with Gasteiger partial charge in [0, 0.05) is 39.5 Å². The van der Waals surface area contributed by atoms with Crippen LogP contribution < -0.4 is 15.0 Å². The second kappa shape index (κ2) is 15.3. The van der Waals surface area contributed by atoms with Gasteiger partial charge in [-0.1, -0.05) is 56.2 Å². The van der Waals surface area contributed by atoms with Crippen molar-refractivity contribution in [3.05, 3.63) is 46.5 Å². The summed E-state index contributed by atoms with van der Waals surface area (Å²) in [5, 5.41) is 14.4. The third kappa shape index (κ3) is 8.11. The van der Waals surface area contributed by atoms with Crippen molar-refractivity contribution >= 4 is 41.2 Å². The number of nitrogens with zero attached hydrogens (tertiary/aromatic N) is 2. The minimum Gasteiger partial charge on any atom is -0.495 e. The molecular formula is C36H50ClN3O10. The van der Waals surface area contributed by atoms with Crippen LogP contribution in [0.1, 0.15) is 59.9 Å². The summed E-state index contributed by atoms with van der Waals surface area (Å²) in [5.74, 6) is -1.88. The van der Waals surface area contributed by atoms with E-state index in [4.69, 9.17) is 35.3 Å². The number of aliphatic hydroxyl groups is 1. The molecule has 0 aliphatic carbocycles. The molecule has 14 heteroatoms. The fraction of sp³-hybridized carbons (Fsp3) is 0.611. The molecule has 0 saturated carbocycles. The van der Waals surface area contributed by atoms with E-state index >= 15 is 0 Å². The average Bonchev–Trinajstić information content (AvgIpc) is 3.76. The molecule has 0 unspecified atom stereocenters. The van der Waals surface area contributed by atoms with Gasteiger partial charge in [-0.2, -0.15) is 0 Å². The number of ether oxygens (including phenoxy) is 5. The Morgan fingerprint density at radius 2 is 1.88 bits per heavy atom. The predicted octanol–water partition coefficient (Wildman–Crippen LogP) is 4.17. The average molecular weight is 720 g/mol. The van der Waals surface area contributed by atoms with E-state index in [1.165, 1.54) is 31.1 Å². The van der Waals surface area contributed by atoms with Gasteiger partial charge < -0.3 is 38.6 Å². The number of hydrogen-bond donors (Lipinski definition) is 2. The number of nitrogens with one attached hydrogen (secondary N) is 1. The highest BCUT2D eigenvalue weighted by atomic mass is 35.5. The molecule has 2 fully saturated rings. The van der Waals surface area contributed by atoms with E-state index in [0.29, 0.717) is 17.9 Å². The first-order valence-electron chi connectivity index (χ1n) is 16.7. The first-order chi connectivity index (χ1) is 23.4. The molecular weight excluding hydrogens is 670 g/mol. The smallest absolute Gasteiger partial charge is 0.409 e. The molecule has 2 saturated heterocycles. The molecule has 3 amide bonds. The van der Waals surface area contributed by atoms with Crippen LogP contribution >= 0.6 is 11.6 Å². The highest BCUT2D eigenvalue weighted by Gasteiger charge is 2.64. The number of amides is 3. The summed E-state index contributed by atoms with van der Waals surface area (Å²) in [4.78, 5) is 55.8. The minimum absolute atomic E-state index is 0.0449. The maximum atomic E-state index is 14.1. The second-order valence-electron chi connectivity index (χ2n) is 14.0. The first-order valence-corrected chi connectivity index (χ1v) is 17.1. The number of alkyl carbamates (subject to hydrolysis) is 1. The number of benzene rings is 1. The number of halogens is 1. The maximum absolute atomic E-state index is 14.1. The molecule has 4 rings (SSSR count). The third-order valence-corrected chi connectivity index (χ3v) is 10.4. The van der Waals surface area contributed by atoms with Crippen LogP contribution in [0.25, 0.3) is 0 Å². The van der Waals surface area contributed by atoms with Crippen molar-refractivity contribution in [1.29, 1.82) is 0 Å². The molecule has 13 nitrogen and oxygen atoms in total. The molecule has 8 atom stereocenters. The molecule has 50 heavy (non-hydrogen) atoms. The number of likely N-dealkylation sites (N-methyl/N-ethyl adjacent to an activating group) is 1. The van der Waals surface area contributed by atoms with Crippen molar-refractivity contribution in [3.63, 3.8) is 0 Å². The van der Waals surface area contributed by atoms with Crippen LogP contribution in [0.5, 0.6) is 5.75 Å². The molecule has 276 valence electrons. The van der Waals surface area contributed by atoms with E-state index in [1.807, 2.05) is 13.0 Å². The van der Waals surface area contributed by atoms with Crippen LogP contribution in [0, 0.1) is 11.8 Å². The second-order valence-corrected chi connectivity index (χ2v) is 14.4. The van der Waals surface area contributed by atoms with Gasteiger partial charge in [0.2, 0.25) is 11.8 Å². The zero-order valence-electron chi connectivity index (χ0n) is 30.4. The Morgan fingerprint density at radius 3 is 2.50 bits per heavy atom. The van der Waals surface area contributed by atoms with Crippen molar-refractivity contribution in [2.75, 3.05) is 33.2 Å². The summed E-state index contributed by atoms with van der Waals surface area (Å²) in [6, 6.07) is 2.63. The van der Waals surface area contributed by atoms with Crippen LogP contribution in [0.2, 0.25) is 5.02 Å². The van der Waals surface area contributed by atoms with Gasteiger partial charge in [0.15, 0.2) is 5.72 Å². The summed E-state index contributed by atoms with van der Waals surface area (Å²) in [5.41, 5.74) is -0.881. The number of fused-ring (bicyclic) bond motifs is 5. The number of hydrogen-bond acceptors (Lipinski definition) is 10. The summed E-state index contributed by atoms with van der Waals surface area (Å²) < 4.78 is 29.1. The molecule has 3 aliphatic heterocycles. The first kappa shape index (κ1) is 39.1. The lowest BCUT2D eigenvalue weighted by Crippen LogP contribution is -2.63. The maximum Gasteiger partial charge on any atom is 0.409 e. The predicted molar refractivity (Wildman–Crippen MR) is 186 cm³/mol. The van der Waals surface area contributed by atoms with Crippen molar-refractivity contribution in [2.45, 2.75) is 103 Å². The number of carbonyl (C=O) groups excluding carboxylic acids is 4. The molecule has 4 bridgehead atoms. The Kier molecular flexibility index (Phi) is 12.0. The van der Waals surface area contributed by atoms with Crippen LogP contribution in [0.4, 0.5) is 10.5 Å². The SMILES string of the molecule is COc1cc2cc(c1Cl)N(C)C(=O)C[C@H](OC(=O)[C@H](C)N(C)C(=O)C(C)C)[C@]1(C)O[C@H]1[C@H](C)[C@@H]1C[C@@](O)(NC(=O)O1)[C@H](OC)/C=C/C=C(\C)C2. The van der Waals surface area contributed by atoms with Gasteiger partial charge in [-0.25, -0.2) is 9.59 Å². The van der Waals surface area contributed by atoms with Gasteiger partial charge in [-0.05, 0) is 44.9 Å². The molecule has 1 aromatic rings. The van der Waals surface area contributed by atoms with E-state index in [1.54, 1.807) is 66.0 Å². The minimum atomic E-state index is -1.82. The highest BCUT2D eigenvalue weighted by molar-refractivity contribution is 6.35. The summed E-state index contributed by atoms with van der Waals surface area (Å²) in [6.07, 6.45) is 1.00. The topological polar surface area (TPSA) is 156 Å². The van der Waals surface area contributed by atoms with E-state index in [2.05, 4.69) is 5.32 Å². The van der Waals surface area contributed by atoms with E-state index in [0.717, 1.165) is 11.1 Å². The number of carbonyl (C=O) groups is 4. The number of allylic oxidation sites excluding steroid dienone is 3. The van der Waals surface area contributed by atoms with Gasteiger partial charge in [0.25, 0.3) is 0 Å². The standard InChI is InChI=1S/C36H50ClN3O10/c1-19(2)32(42)39(7)22(5)33(43)49-28-17-29(41)40(8)24-15-23(16-25(46-9)30(24)37)14-20(3)12-11-13-27(47-10)36(45)18-26(48-34(44)38-36)21(4)31-35(28,6)50-31/h11-13,15-16,19,21-22,26-28,31,45H,14,17-18H2,1-10H3,(H,38,44)/b13-11+,20-12+/t21-,22+,26+,27-,28+,31+,35+,36+/m1/s1. The van der Waals surface area contributed by atoms with E-state index < -0.39 is 65.7 Å². The van der Waals surface area contributed by atoms with Crippen molar-refractivity contribution in [2.24, 2.45) is 11.8 Å². The lowest BCUT2D eigenvalue weighted by molar-refractivity contribution is -0.162. The Morgan fingerprint density at radius 1 is 1.20 bits per heavy atom. The molecule has 0 radical (unpaired) electrons. The number of epoxide rings is 1. The molecule has 2 N–H and O–H groups in total. The third-order valence-electron chi connectivity index (χ3n) is 9.97. The molecule has 0 spiro atoms. The molecule has 1 aromatic carbocycles. The van der Waals surface area contributed by atoms with Gasteiger partial charge in [0.1, 0.15) is 40.7 Å². The van der Waals surface area contributed by atoms with Crippen molar-refractivity contribution < 1.29 is 48.0 Å². The molecule has 3 heterocycles. The Bertz CT molecular complexity index is 1550. The van der Waals surface area contributed by atoms with E-state index in [-0.39, 0.29) is 29.7 Å². The van der Waals surface area contributed by atoms with E-state index in [9.17, 15) is 24.3 Å². The van der Waals surface area contributed by atoms with Crippen molar-refractivity contribution in [3.8, 4) is 5.75 Å². The number of methoxy groups -OCH3 is 2.